The van der Waals surface area contributed by atoms with Crippen LogP contribution in [0.5, 0.6) is 0 Å². The van der Waals surface area contributed by atoms with E-state index in [2.05, 4.69) is 6.92 Å². The Kier molecular flexibility index (Phi) is 6.23. The molecule has 140 valence electrons. The van der Waals surface area contributed by atoms with Gasteiger partial charge in [-0.05, 0) is 55.2 Å². The number of halogens is 2. The van der Waals surface area contributed by atoms with Crippen LogP contribution in [0.2, 0.25) is 0 Å². The molecule has 2 aromatic carbocycles. The highest BCUT2D eigenvalue weighted by Crippen LogP contribution is 2.30. The summed E-state index contributed by atoms with van der Waals surface area (Å²) in [5.74, 6) is -1.39. The molecule has 0 aliphatic heterocycles. The summed E-state index contributed by atoms with van der Waals surface area (Å²) >= 11 is 0. The van der Waals surface area contributed by atoms with Crippen LogP contribution in [0.4, 0.5) is 8.78 Å². The predicted molar refractivity (Wildman–Crippen MR) is 99.2 cm³/mol. The third-order valence-corrected chi connectivity index (χ3v) is 5.43. The van der Waals surface area contributed by atoms with Gasteiger partial charge in [-0.1, -0.05) is 44.7 Å². The minimum absolute atomic E-state index is 0.0365. The maximum absolute atomic E-state index is 13.8. The van der Waals surface area contributed by atoms with Crippen molar-refractivity contribution in [2.45, 2.75) is 64.4 Å². The first kappa shape index (κ1) is 18.8. The lowest BCUT2D eigenvalue weighted by atomic mass is 9.84. The monoisotopic (exact) mass is 360 g/mol. The summed E-state index contributed by atoms with van der Waals surface area (Å²) in [6, 6.07) is 7.06. The van der Waals surface area contributed by atoms with Crippen molar-refractivity contribution in [2.24, 2.45) is 5.92 Å². The number of ether oxygens (including phenoxy) is 1. The number of benzene rings is 2. The van der Waals surface area contributed by atoms with Crippen LogP contribution in [-0.2, 0) is 4.74 Å². The molecule has 0 amide bonds. The van der Waals surface area contributed by atoms with Gasteiger partial charge in [0.05, 0.1) is 5.56 Å². The topological polar surface area (TPSA) is 26.3 Å². The fourth-order valence-corrected chi connectivity index (χ4v) is 3.83. The minimum atomic E-state index is -0.886. The molecule has 1 saturated carbocycles. The molecule has 0 bridgehead atoms. The second-order valence-corrected chi connectivity index (χ2v) is 7.34. The van der Waals surface area contributed by atoms with E-state index in [1.54, 1.807) is 6.07 Å². The van der Waals surface area contributed by atoms with E-state index < -0.39 is 11.6 Å². The van der Waals surface area contributed by atoms with Gasteiger partial charge in [-0.25, -0.2) is 13.6 Å². The molecule has 0 radical (unpaired) electrons. The Hall–Kier alpha value is -1.97. The van der Waals surface area contributed by atoms with Crippen molar-refractivity contribution >= 4 is 16.7 Å². The van der Waals surface area contributed by atoms with Crippen LogP contribution in [0.15, 0.2) is 30.3 Å². The Morgan fingerprint density at radius 2 is 1.85 bits per heavy atom. The maximum atomic E-state index is 13.8. The molecule has 3 rings (SSSR count). The number of rotatable bonds is 6. The van der Waals surface area contributed by atoms with E-state index in [-0.39, 0.29) is 17.5 Å². The summed E-state index contributed by atoms with van der Waals surface area (Å²) in [4.78, 5) is 12.4. The van der Waals surface area contributed by atoms with Gasteiger partial charge >= 0.3 is 5.97 Å². The minimum Gasteiger partial charge on any atom is -0.459 e. The van der Waals surface area contributed by atoms with Gasteiger partial charge < -0.3 is 4.74 Å². The molecule has 0 N–H and O–H groups in total. The summed E-state index contributed by atoms with van der Waals surface area (Å²) in [7, 11) is 0. The molecule has 1 aliphatic rings. The average Bonchev–Trinajstić information content (AvgIpc) is 2.66. The third kappa shape index (κ3) is 4.40. The molecule has 2 aromatic rings. The Balaban J connectivity index is 1.57. The van der Waals surface area contributed by atoms with Crippen molar-refractivity contribution in [1.29, 1.82) is 0 Å². The second kappa shape index (κ2) is 8.61. The molecule has 0 unspecified atom stereocenters. The van der Waals surface area contributed by atoms with Gasteiger partial charge in [0.25, 0.3) is 0 Å². The highest BCUT2D eigenvalue weighted by Gasteiger charge is 2.24. The number of unbranched alkanes of at least 4 members (excludes halogenated alkanes) is 2. The summed E-state index contributed by atoms with van der Waals surface area (Å²) in [5, 5.41) is 0.673. The van der Waals surface area contributed by atoms with Crippen LogP contribution < -0.4 is 0 Å². The molecule has 0 aromatic heterocycles. The van der Waals surface area contributed by atoms with Gasteiger partial charge in [-0.2, -0.15) is 0 Å². The van der Waals surface area contributed by atoms with Crippen molar-refractivity contribution in [3.63, 3.8) is 0 Å². The molecular formula is C22H26F2O2. The first-order valence-corrected chi connectivity index (χ1v) is 9.67. The maximum Gasteiger partial charge on any atom is 0.338 e. The van der Waals surface area contributed by atoms with Gasteiger partial charge in [0, 0.05) is 5.39 Å². The molecule has 2 nitrogen and oxygen atoms in total. The van der Waals surface area contributed by atoms with Gasteiger partial charge in [0.2, 0.25) is 0 Å². The molecule has 0 heterocycles. The van der Waals surface area contributed by atoms with Crippen molar-refractivity contribution in [2.75, 3.05) is 0 Å². The van der Waals surface area contributed by atoms with Crippen molar-refractivity contribution in [1.82, 2.24) is 0 Å². The number of hydrogen-bond donors (Lipinski definition) is 0. The van der Waals surface area contributed by atoms with E-state index in [4.69, 9.17) is 4.74 Å². The van der Waals surface area contributed by atoms with Gasteiger partial charge in [0.1, 0.15) is 6.10 Å². The lowest BCUT2D eigenvalue weighted by Gasteiger charge is -2.28. The van der Waals surface area contributed by atoms with Gasteiger partial charge in [-0.3, -0.25) is 0 Å². The molecule has 4 heteroatoms. The van der Waals surface area contributed by atoms with Crippen LogP contribution in [0.25, 0.3) is 10.8 Å². The zero-order valence-corrected chi connectivity index (χ0v) is 15.3. The number of fused-ring (bicyclic) bond motifs is 1. The Morgan fingerprint density at radius 1 is 1.08 bits per heavy atom. The smallest absolute Gasteiger partial charge is 0.338 e. The zero-order chi connectivity index (χ0) is 18.5. The summed E-state index contributed by atoms with van der Waals surface area (Å²) < 4.78 is 32.7. The third-order valence-electron chi connectivity index (χ3n) is 5.43. The molecule has 0 atom stereocenters. The van der Waals surface area contributed by atoms with Gasteiger partial charge in [0.15, 0.2) is 11.6 Å². The van der Waals surface area contributed by atoms with Crippen LogP contribution in [-0.4, -0.2) is 12.1 Å². The average molecular weight is 360 g/mol. The van der Waals surface area contributed by atoms with E-state index in [1.807, 2.05) is 0 Å². The van der Waals surface area contributed by atoms with Crippen molar-refractivity contribution in [3.8, 4) is 0 Å². The largest absolute Gasteiger partial charge is 0.459 e. The highest BCUT2D eigenvalue weighted by atomic mass is 19.2. The molecule has 0 saturated heterocycles. The normalized spacial score (nSPS) is 20.3. The molecule has 26 heavy (non-hydrogen) atoms. The summed E-state index contributed by atoms with van der Waals surface area (Å²) in [5.41, 5.74) is 0.383. The van der Waals surface area contributed by atoms with Crippen LogP contribution in [0.1, 0.15) is 68.6 Å². The number of carbonyl (C=O) groups excluding carboxylic acids is 1. The molecule has 1 fully saturated rings. The van der Waals surface area contributed by atoms with E-state index in [0.717, 1.165) is 37.7 Å². The second-order valence-electron chi connectivity index (χ2n) is 7.34. The molecule has 0 spiro atoms. The van der Waals surface area contributed by atoms with E-state index in [1.165, 1.54) is 43.9 Å². The number of esters is 1. The van der Waals surface area contributed by atoms with Gasteiger partial charge in [-0.15, -0.1) is 0 Å². The zero-order valence-electron chi connectivity index (χ0n) is 15.3. The lowest BCUT2D eigenvalue weighted by Crippen LogP contribution is -2.24. The van der Waals surface area contributed by atoms with Crippen LogP contribution in [0, 0.1) is 17.6 Å². The number of hydrogen-bond acceptors (Lipinski definition) is 2. The van der Waals surface area contributed by atoms with Crippen LogP contribution >= 0.6 is 0 Å². The summed E-state index contributed by atoms with van der Waals surface area (Å²) in [6.07, 6.45) is 9.13. The molecular weight excluding hydrogens is 334 g/mol. The first-order valence-electron chi connectivity index (χ1n) is 9.67. The predicted octanol–water partition coefficient (Wildman–Crippen LogP) is 6.41. The van der Waals surface area contributed by atoms with Crippen molar-refractivity contribution < 1.29 is 18.3 Å². The Morgan fingerprint density at radius 3 is 2.58 bits per heavy atom. The molecule has 1 aliphatic carbocycles. The standard InChI is InChI=1S/C22H26F2O2/c1-2-3-4-5-15-6-10-18(11-7-15)26-22(25)17-8-12-19-16(14-17)9-13-20(23)21(19)24/h8-9,12-15,18H,2-7,10-11H2,1H3. The Labute approximate surface area is 153 Å². The highest BCUT2D eigenvalue weighted by molar-refractivity contribution is 5.95. The lowest BCUT2D eigenvalue weighted by molar-refractivity contribution is 0.0161. The fourth-order valence-electron chi connectivity index (χ4n) is 3.83. The van der Waals surface area contributed by atoms with E-state index in [0.29, 0.717) is 10.9 Å². The summed E-state index contributed by atoms with van der Waals surface area (Å²) in [6.45, 7) is 2.22. The quantitative estimate of drug-likeness (QED) is 0.439. The SMILES string of the molecule is CCCCCC1CCC(OC(=O)c2ccc3c(F)c(F)ccc3c2)CC1. The van der Waals surface area contributed by atoms with E-state index in [9.17, 15) is 13.6 Å². The van der Waals surface area contributed by atoms with Crippen LogP contribution in [0.3, 0.4) is 0 Å². The number of carbonyl (C=O) groups is 1. The fraction of sp³-hybridized carbons (Fsp3) is 0.500. The van der Waals surface area contributed by atoms with E-state index >= 15 is 0 Å². The first-order chi connectivity index (χ1) is 12.6. The van der Waals surface area contributed by atoms with Crippen molar-refractivity contribution in [3.05, 3.63) is 47.5 Å². The Bertz CT molecular complexity index is 764.